The summed E-state index contributed by atoms with van der Waals surface area (Å²) in [4.78, 5) is 18.6. The number of ether oxygens (including phenoxy) is 2. The maximum Gasteiger partial charge on any atom is 0.246 e. The predicted molar refractivity (Wildman–Crippen MR) is 150 cm³/mol. The number of nitrogens with zero attached hydrogens (tertiary/aromatic N) is 8. The second-order valence-electron chi connectivity index (χ2n) is 11.0. The van der Waals surface area contributed by atoms with E-state index >= 15 is 0 Å². The molecule has 4 aliphatic rings. The molecule has 4 aromatic rings. The number of rotatable bonds is 5. The minimum atomic E-state index is 0.00850. The first kappa shape index (κ1) is 24.2. The van der Waals surface area contributed by atoms with Crippen LogP contribution in [0, 0.1) is 11.3 Å². The third-order valence-electron chi connectivity index (χ3n) is 8.67. The van der Waals surface area contributed by atoms with E-state index < -0.39 is 0 Å². The molecule has 3 fully saturated rings. The maximum atomic E-state index is 11.9. The smallest absolute Gasteiger partial charge is 0.246 e. The van der Waals surface area contributed by atoms with Crippen LogP contribution in [0.15, 0.2) is 61.7 Å². The van der Waals surface area contributed by atoms with Crippen LogP contribution in [0.5, 0.6) is 5.75 Å². The number of benzene rings is 1. The number of epoxide rings is 1. The molecule has 4 aliphatic heterocycles. The standard InChI is InChI=1S/C30H28N8O3/c1-2-28(39)35-14-23(15-35)34-5-6-36-24(16-34)17-40-27-8-19(3-4-26(27)36)25-7-20(12-38-30(25)21(9-31)10-33-38)22-11-32-37(13-22)29-18-41-29/h2-4,7-8,10-13,23-24,29H,1,5-6,14-18H2/t24?,29-/m1/s1. The van der Waals surface area contributed by atoms with Gasteiger partial charge in [-0.05, 0) is 29.8 Å². The summed E-state index contributed by atoms with van der Waals surface area (Å²) in [6, 6.07) is 11.4. The van der Waals surface area contributed by atoms with Crippen molar-refractivity contribution in [3.8, 4) is 34.1 Å². The minimum Gasteiger partial charge on any atom is -0.489 e. The molecular weight excluding hydrogens is 520 g/mol. The van der Waals surface area contributed by atoms with Gasteiger partial charge in [-0.2, -0.15) is 15.5 Å². The first-order valence-corrected chi connectivity index (χ1v) is 13.9. The van der Waals surface area contributed by atoms with Crippen molar-refractivity contribution in [2.24, 2.45) is 0 Å². The molecule has 0 saturated carbocycles. The van der Waals surface area contributed by atoms with Gasteiger partial charge in [0.05, 0.1) is 41.8 Å². The van der Waals surface area contributed by atoms with Crippen LogP contribution in [0.2, 0.25) is 0 Å². The van der Waals surface area contributed by atoms with E-state index in [2.05, 4.69) is 56.9 Å². The SMILES string of the molecule is C=CC(=O)N1CC(N2CCN3c4ccc(-c5cc(-c6cnn([C@H]7CO7)c6)cn6ncc(C#N)c56)cc4OCC3C2)C1. The molecule has 1 aromatic carbocycles. The summed E-state index contributed by atoms with van der Waals surface area (Å²) in [5.41, 5.74) is 6.16. The third kappa shape index (κ3) is 3.98. The highest BCUT2D eigenvalue weighted by atomic mass is 16.6. The summed E-state index contributed by atoms with van der Waals surface area (Å²) in [6.07, 6.45) is 8.75. The Labute approximate surface area is 236 Å². The molecule has 0 aliphatic carbocycles. The van der Waals surface area contributed by atoms with Crippen molar-refractivity contribution in [3.63, 3.8) is 0 Å². The zero-order chi connectivity index (χ0) is 27.7. The lowest BCUT2D eigenvalue weighted by Crippen LogP contribution is -2.67. The number of amides is 1. The van der Waals surface area contributed by atoms with Crippen molar-refractivity contribution in [2.45, 2.75) is 18.3 Å². The lowest BCUT2D eigenvalue weighted by molar-refractivity contribution is -0.133. The zero-order valence-corrected chi connectivity index (χ0v) is 22.4. The van der Waals surface area contributed by atoms with Crippen LogP contribution in [-0.2, 0) is 9.53 Å². The summed E-state index contributed by atoms with van der Waals surface area (Å²) < 4.78 is 15.3. The van der Waals surface area contributed by atoms with Crippen LogP contribution in [-0.4, -0.2) is 93.1 Å². The Morgan fingerprint density at radius 3 is 2.71 bits per heavy atom. The molecule has 0 N–H and O–H groups in total. The molecule has 3 saturated heterocycles. The average Bonchev–Trinajstić information content (AvgIpc) is 3.56. The van der Waals surface area contributed by atoms with Crippen LogP contribution < -0.4 is 9.64 Å². The first-order chi connectivity index (χ1) is 20.1. The van der Waals surface area contributed by atoms with Gasteiger partial charge in [0, 0.05) is 67.8 Å². The Morgan fingerprint density at radius 2 is 1.90 bits per heavy atom. The Kier molecular flexibility index (Phi) is 5.42. The Hall–Kier alpha value is -4.66. The molecule has 41 heavy (non-hydrogen) atoms. The maximum absolute atomic E-state index is 11.9. The Bertz CT molecular complexity index is 1740. The fourth-order valence-electron chi connectivity index (χ4n) is 6.31. The Balaban J connectivity index is 1.08. The largest absolute Gasteiger partial charge is 0.489 e. The normalized spacial score (nSPS) is 21.9. The predicted octanol–water partition coefficient (Wildman–Crippen LogP) is 2.55. The van der Waals surface area contributed by atoms with E-state index in [9.17, 15) is 10.1 Å². The second-order valence-corrected chi connectivity index (χ2v) is 11.0. The molecule has 0 bridgehead atoms. The van der Waals surface area contributed by atoms with Crippen LogP contribution in [0.3, 0.4) is 0 Å². The van der Waals surface area contributed by atoms with Gasteiger partial charge in [0.1, 0.15) is 18.4 Å². The van der Waals surface area contributed by atoms with Gasteiger partial charge in [0.15, 0.2) is 6.23 Å². The molecule has 3 aromatic heterocycles. The van der Waals surface area contributed by atoms with Gasteiger partial charge in [-0.15, -0.1) is 0 Å². The van der Waals surface area contributed by atoms with Gasteiger partial charge in [0.25, 0.3) is 0 Å². The number of carbonyl (C=O) groups excluding carboxylic acids is 1. The van der Waals surface area contributed by atoms with Crippen LogP contribution in [0.1, 0.15) is 11.8 Å². The van der Waals surface area contributed by atoms with Crippen molar-refractivity contribution in [1.82, 2.24) is 29.2 Å². The topological polar surface area (TPSA) is 107 Å². The lowest BCUT2D eigenvalue weighted by atomic mass is 9.98. The number of piperazine rings is 1. The highest BCUT2D eigenvalue weighted by molar-refractivity contribution is 5.89. The van der Waals surface area contributed by atoms with E-state index in [0.29, 0.717) is 24.8 Å². The number of anilines is 1. The quantitative estimate of drug-likeness (QED) is 0.277. The van der Waals surface area contributed by atoms with Gasteiger partial charge >= 0.3 is 0 Å². The number of nitriles is 1. The molecular formula is C30H28N8O3. The van der Waals surface area contributed by atoms with Gasteiger partial charge in [-0.1, -0.05) is 12.6 Å². The second kappa shape index (κ2) is 9.19. The molecule has 1 amide bonds. The van der Waals surface area contributed by atoms with E-state index in [-0.39, 0.29) is 18.2 Å². The van der Waals surface area contributed by atoms with E-state index in [4.69, 9.17) is 9.47 Å². The Morgan fingerprint density at radius 1 is 1.02 bits per heavy atom. The number of fused-ring (bicyclic) bond motifs is 4. The fraction of sp³-hybridized carbons (Fsp3) is 0.333. The molecule has 7 heterocycles. The van der Waals surface area contributed by atoms with E-state index in [1.54, 1.807) is 10.7 Å². The summed E-state index contributed by atoms with van der Waals surface area (Å²) in [5.74, 6) is 0.855. The summed E-state index contributed by atoms with van der Waals surface area (Å²) in [6.45, 7) is 9.16. The number of likely N-dealkylation sites (tertiary alicyclic amines) is 1. The summed E-state index contributed by atoms with van der Waals surface area (Å²) in [7, 11) is 0. The molecule has 0 spiro atoms. The van der Waals surface area contributed by atoms with Crippen LogP contribution in [0.25, 0.3) is 27.8 Å². The summed E-state index contributed by atoms with van der Waals surface area (Å²) >= 11 is 0. The zero-order valence-electron chi connectivity index (χ0n) is 22.4. The number of carbonyl (C=O) groups is 1. The number of hydrogen-bond acceptors (Lipinski definition) is 8. The van der Waals surface area contributed by atoms with Gasteiger partial charge in [0.2, 0.25) is 5.91 Å². The third-order valence-corrected chi connectivity index (χ3v) is 8.67. The lowest BCUT2D eigenvalue weighted by Gasteiger charge is -2.51. The monoisotopic (exact) mass is 548 g/mol. The molecule has 206 valence electrons. The van der Waals surface area contributed by atoms with Crippen molar-refractivity contribution in [2.75, 3.05) is 50.8 Å². The molecule has 11 nitrogen and oxygen atoms in total. The van der Waals surface area contributed by atoms with Crippen molar-refractivity contribution in [1.29, 1.82) is 5.26 Å². The van der Waals surface area contributed by atoms with E-state index in [1.165, 1.54) is 6.08 Å². The minimum absolute atomic E-state index is 0.00850. The van der Waals surface area contributed by atoms with Crippen LogP contribution in [0.4, 0.5) is 5.69 Å². The molecule has 0 radical (unpaired) electrons. The van der Waals surface area contributed by atoms with Gasteiger partial charge in [-0.25, -0.2) is 9.20 Å². The summed E-state index contributed by atoms with van der Waals surface area (Å²) in [5, 5.41) is 18.8. The fourth-order valence-corrected chi connectivity index (χ4v) is 6.31. The molecule has 2 atom stereocenters. The van der Waals surface area contributed by atoms with Crippen molar-refractivity contribution >= 4 is 17.1 Å². The van der Waals surface area contributed by atoms with Crippen molar-refractivity contribution in [3.05, 3.63) is 67.3 Å². The van der Waals surface area contributed by atoms with E-state index in [0.717, 1.165) is 71.9 Å². The van der Waals surface area contributed by atoms with E-state index in [1.807, 2.05) is 28.2 Å². The number of pyridine rings is 1. The van der Waals surface area contributed by atoms with Gasteiger partial charge in [-0.3, -0.25) is 9.69 Å². The molecule has 11 heteroatoms. The highest BCUT2D eigenvalue weighted by Crippen LogP contribution is 2.41. The number of aromatic nitrogens is 4. The average molecular weight is 549 g/mol. The highest BCUT2D eigenvalue weighted by Gasteiger charge is 2.40. The van der Waals surface area contributed by atoms with Gasteiger partial charge < -0.3 is 19.3 Å². The molecule has 8 rings (SSSR count). The molecule has 1 unspecified atom stereocenters. The van der Waals surface area contributed by atoms with Crippen LogP contribution >= 0.6 is 0 Å². The first-order valence-electron chi connectivity index (χ1n) is 13.9. The van der Waals surface area contributed by atoms with Crippen molar-refractivity contribution < 1.29 is 14.3 Å². The number of hydrogen-bond donors (Lipinski definition) is 0.